The Morgan fingerprint density at radius 2 is 1.61 bits per heavy atom. The van der Waals surface area contributed by atoms with Gasteiger partial charge in [0.1, 0.15) is 0 Å². The summed E-state index contributed by atoms with van der Waals surface area (Å²) in [5.41, 5.74) is 4.04. The van der Waals surface area contributed by atoms with Gasteiger partial charge in [-0.15, -0.1) is 10.2 Å². The minimum atomic E-state index is -0.238. The summed E-state index contributed by atoms with van der Waals surface area (Å²) in [6, 6.07) is 19.7. The van der Waals surface area contributed by atoms with E-state index in [4.69, 9.17) is 0 Å². The summed E-state index contributed by atoms with van der Waals surface area (Å²) >= 11 is 1.31. The highest BCUT2D eigenvalue weighted by Crippen LogP contribution is 2.30. The fraction of sp³-hybridized carbons (Fsp3) is 0.179. The standard InChI is InChI=1S/C28H24N4O3S/c1-3-13-32-27(18-8-6-7-17(2)14-18)30-31-28(32)36-16-24(33)29-19-11-12-22-23(15-19)26(35)21-10-5-4-9-20(21)25(22)34/h4-12,14-15H,3,13,16H2,1-2H3,(H,29,33). The lowest BCUT2D eigenvalue weighted by atomic mass is 9.84. The van der Waals surface area contributed by atoms with Crippen molar-refractivity contribution in [2.45, 2.75) is 32.0 Å². The van der Waals surface area contributed by atoms with Gasteiger partial charge in [0.15, 0.2) is 22.5 Å². The van der Waals surface area contributed by atoms with Crippen molar-refractivity contribution in [2.75, 3.05) is 11.1 Å². The molecule has 4 aromatic rings. The minimum absolute atomic E-state index is 0.127. The molecule has 180 valence electrons. The van der Waals surface area contributed by atoms with Gasteiger partial charge in [-0.1, -0.05) is 66.7 Å². The smallest absolute Gasteiger partial charge is 0.234 e. The van der Waals surface area contributed by atoms with Crippen molar-refractivity contribution in [3.05, 3.63) is 94.5 Å². The second kappa shape index (κ2) is 9.91. The molecule has 1 aromatic heterocycles. The average Bonchev–Trinajstić information content (AvgIpc) is 3.29. The van der Waals surface area contributed by atoms with Gasteiger partial charge in [0.2, 0.25) is 5.91 Å². The quantitative estimate of drug-likeness (QED) is 0.313. The molecule has 0 spiro atoms. The van der Waals surface area contributed by atoms with Gasteiger partial charge in [-0.2, -0.15) is 0 Å². The molecule has 7 nitrogen and oxygen atoms in total. The van der Waals surface area contributed by atoms with E-state index in [0.717, 1.165) is 29.9 Å². The zero-order chi connectivity index (χ0) is 25.2. The van der Waals surface area contributed by atoms with Gasteiger partial charge in [-0.3, -0.25) is 14.4 Å². The number of amides is 1. The molecule has 5 rings (SSSR count). The molecule has 0 aliphatic heterocycles. The van der Waals surface area contributed by atoms with Crippen LogP contribution in [0.2, 0.25) is 0 Å². The molecule has 36 heavy (non-hydrogen) atoms. The molecule has 0 atom stereocenters. The van der Waals surface area contributed by atoms with Crippen molar-refractivity contribution < 1.29 is 14.4 Å². The largest absolute Gasteiger partial charge is 0.325 e. The van der Waals surface area contributed by atoms with Crippen LogP contribution >= 0.6 is 11.8 Å². The third kappa shape index (κ3) is 4.47. The third-order valence-corrected chi connectivity index (χ3v) is 6.95. The number of nitrogens with zero attached hydrogens (tertiary/aromatic N) is 3. The van der Waals surface area contributed by atoms with Gasteiger partial charge in [-0.05, 0) is 37.6 Å². The first kappa shape index (κ1) is 23.7. The minimum Gasteiger partial charge on any atom is -0.325 e. The molecule has 0 saturated heterocycles. The van der Waals surface area contributed by atoms with Crippen molar-refractivity contribution in [1.29, 1.82) is 0 Å². The van der Waals surface area contributed by atoms with E-state index in [-0.39, 0.29) is 23.2 Å². The van der Waals surface area contributed by atoms with Crippen LogP contribution in [-0.4, -0.2) is 38.0 Å². The summed E-state index contributed by atoms with van der Waals surface area (Å²) in [5.74, 6) is 0.262. The Morgan fingerprint density at radius 3 is 2.33 bits per heavy atom. The molecule has 8 heteroatoms. The Hall–Kier alpha value is -4.04. The fourth-order valence-corrected chi connectivity index (χ4v) is 5.09. The summed E-state index contributed by atoms with van der Waals surface area (Å²) in [7, 11) is 0. The second-order valence-corrected chi connectivity index (χ2v) is 9.57. The van der Waals surface area contributed by atoms with Gasteiger partial charge in [0, 0.05) is 40.0 Å². The lowest BCUT2D eigenvalue weighted by molar-refractivity contribution is -0.113. The molecule has 1 heterocycles. The van der Waals surface area contributed by atoms with E-state index in [1.165, 1.54) is 11.8 Å². The number of anilines is 1. The number of benzene rings is 3. The van der Waals surface area contributed by atoms with Crippen molar-refractivity contribution in [1.82, 2.24) is 14.8 Å². The molecule has 0 unspecified atom stereocenters. The van der Waals surface area contributed by atoms with Gasteiger partial charge in [-0.25, -0.2) is 0 Å². The van der Waals surface area contributed by atoms with E-state index >= 15 is 0 Å². The molecule has 1 amide bonds. The number of thioether (sulfide) groups is 1. The Morgan fingerprint density at radius 1 is 0.889 bits per heavy atom. The highest BCUT2D eigenvalue weighted by molar-refractivity contribution is 7.99. The normalized spacial score (nSPS) is 12.3. The fourth-order valence-electron chi connectivity index (χ4n) is 4.32. The van der Waals surface area contributed by atoms with Crippen molar-refractivity contribution >= 4 is 34.9 Å². The van der Waals surface area contributed by atoms with Crippen molar-refractivity contribution in [2.24, 2.45) is 0 Å². The van der Waals surface area contributed by atoms with Crippen LogP contribution in [0.4, 0.5) is 5.69 Å². The summed E-state index contributed by atoms with van der Waals surface area (Å²) in [5, 5.41) is 12.2. The van der Waals surface area contributed by atoms with Crippen LogP contribution in [0.15, 0.2) is 71.9 Å². The number of carbonyl (C=O) groups is 3. The summed E-state index contributed by atoms with van der Waals surface area (Å²) < 4.78 is 2.04. The average molecular weight is 497 g/mol. The molecule has 0 saturated carbocycles. The number of aromatic nitrogens is 3. The van der Waals surface area contributed by atoms with E-state index in [1.54, 1.807) is 42.5 Å². The molecule has 0 radical (unpaired) electrons. The van der Waals surface area contributed by atoms with Crippen LogP contribution in [0.25, 0.3) is 11.4 Å². The highest BCUT2D eigenvalue weighted by atomic mass is 32.2. The first-order valence-electron chi connectivity index (χ1n) is 11.7. The molecule has 3 aromatic carbocycles. The Bertz CT molecular complexity index is 1510. The number of rotatable bonds is 7. The first-order chi connectivity index (χ1) is 17.5. The number of hydrogen-bond acceptors (Lipinski definition) is 6. The number of ketones is 2. The number of hydrogen-bond donors (Lipinski definition) is 1. The molecule has 0 fully saturated rings. The Balaban J connectivity index is 1.30. The van der Waals surface area contributed by atoms with Gasteiger partial charge < -0.3 is 9.88 Å². The van der Waals surface area contributed by atoms with E-state index in [2.05, 4.69) is 28.5 Å². The zero-order valence-corrected chi connectivity index (χ0v) is 20.8. The monoisotopic (exact) mass is 496 g/mol. The maximum absolute atomic E-state index is 13.0. The van der Waals surface area contributed by atoms with E-state index < -0.39 is 0 Å². The Labute approximate surface area is 213 Å². The van der Waals surface area contributed by atoms with Crippen LogP contribution in [0.5, 0.6) is 0 Å². The maximum atomic E-state index is 13.0. The second-order valence-electron chi connectivity index (χ2n) is 8.63. The number of aryl methyl sites for hydroxylation is 1. The van der Waals surface area contributed by atoms with Gasteiger partial charge >= 0.3 is 0 Å². The third-order valence-electron chi connectivity index (χ3n) is 5.98. The van der Waals surface area contributed by atoms with E-state index in [0.29, 0.717) is 33.1 Å². The molecule has 1 aliphatic rings. The topological polar surface area (TPSA) is 94.0 Å². The number of nitrogens with one attached hydrogen (secondary N) is 1. The van der Waals surface area contributed by atoms with Gasteiger partial charge in [0.25, 0.3) is 0 Å². The molecule has 1 N–H and O–H groups in total. The summed E-state index contributed by atoms with van der Waals surface area (Å²) in [6.45, 7) is 4.86. The predicted octanol–water partition coefficient (Wildman–Crippen LogP) is 5.17. The lowest BCUT2D eigenvalue weighted by Gasteiger charge is -2.18. The molecular formula is C28H24N4O3S. The lowest BCUT2D eigenvalue weighted by Crippen LogP contribution is -2.21. The summed E-state index contributed by atoms with van der Waals surface area (Å²) in [4.78, 5) is 38.5. The van der Waals surface area contributed by atoms with Crippen LogP contribution in [0.1, 0.15) is 50.8 Å². The van der Waals surface area contributed by atoms with Crippen LogP contribution in [0, 0.1) is 6.92 Å². The van der Waals surface area contributed by atoms with E-state index in [1.807, 2.05) is 29.7 Å². The number of carbonyl (C=O) groups excluding carboxylic acids is 3. The Kier molecular flexibility index (Phi) is 6.52. The van der Waals surface area contributed by atoms with Crippen LogP contribution in [-0.2, 0) is 11.3 Å². The zero-order valence-electron chi connectivity index (χ0n) is 19.9. The maximum Gasteiger partial charge on any atom is 0.234 e. The van der Waals surface area contributed by atoms with Crippen molar-refractivity contribution in [3.8, 4) is 11.4 Å². The first-order valence-corrected chi connectivity index (χ1v) is 12.7. The van der Waals surface area contributed by atoms with Crippen molar-refractivity contribution in [3.63, 3.8) is 0 Å². The van der Waals surface area contributed by atoms with E-state index in [9.17, 15) is 14.4 Å². The SMILES string of the molecule is CCCn1c(SCC(=O)Nc2ccc3c(c2)C(=O)c2ccccc2C3=O)nnc1-c1cccc(C)c1. The molecule has 0 bridgehead atoms. The van der Waals surface area contributed by atoms with Crippen LogP contribution < -0.4 is 5.32 Å². The summed E-state index contributed by atoms with van der Waals surface area (Å²) in [6.07, 6.45) is 0.904. The highest BCUT2D eigenvalue weighted by Gasteiger charge is 2.29. The molecular weight excluding hydrogens is 472 g/mol. The number of fused-ring (bicyclic) bond motifs is 2. The predicted molar refractivity (Wildman–Crippen MR) is 140 cm³/mol. The molecule has 1 aliphatic carbocycles. The van der Waals surface area contributed by atoms with Crippen LogP contribution in [0.3, 0.4) is 0 Å². The van der Waals surface area contributed by atoms with Gasteiger partial charge in [0.05, 0.1) is 5.75 Å².